The Morgan fingerprint density at radius 3 is 2.89 bits per heavy atom. The third-order valence-electron chi connectivity index (χ3n) is 2.42. The summed E-state index contributed by atoms with van der Waals surface area (Å²) in [6.07, 6.45) is 1.72. The highest BCUT2D eigenvalue weighted by Gasteiger charge is 2.02. The largest absolute Gasteiger partial charge is 0.489 e. The standard InChI is InChI=1S/C14H14BrFN2O/c1-2-17-14-5-10(3-4-18-14)9-19-13-7-11(15)6-12(16)8-13/h3-8H,2,9H2,1H3,(H,17,18). The zero-order valence-electron chi connectivity index (χ0n) is 10.5. The molecule has 1 N–H and O–H groups in total. The number of benzene rings is 1. The van der Waals surface area contributed by atoms with E-state index >= 15 is 0 Å². The summed E-state index contributed by atoms with van der Waals surface area (Å²) in [6.45, 7) is 3.19. The highest BCUT2D eigenvalue weighted by Crippen LogP contribution is 2.21. The van der Waals surface area contributed by atoms with Crippen LogP contribution in [0.5, 0.6) is 5.75 Å². The number of hydrogen-bond donors (Lipinski definition) is 1. The minimum Gasteiger partial charge on any atom is -0.489 e. The first-order valence-corrected chi connectivity index (χ1v) is 6.74. The zero-order chi connectivity index (χ0) is 13.7. The van der Waals surface area contributed by atoms with Crippen LogP contribution in [0.3, 0.4) is 0 Å². The van der Waals surface area contributed by atoms with Gasteiger partial charge in [-0.05, 0) is 36.8 Å². The molecule has 1 heterocycles. The van der Waals surface area contributed by atoms with Gasteiger partial charge in [-0.15, -0.1) is 0 Å². The predicted molar refractivity (Wildman–Crippen MR) is 76.8 cm³/mol. The number of aromatic nitrogens is 1. The van der Waals surface area contributed by atoms with E-state index in [1.807, 2.05) is 19.1 Å². The first kappa shape index (κ1) is 13.8. The molecule has 0 unspecified atom stereocenters. The van der Waals surface area contributed by atoms with Crippen molar-refractivity contribution in [2.24, 2.45) is 0 Å². The number of ether oxygens (including phenoxy) is 1. The number of halogens is 2. The van der Waals surface area contributed by atoms with Crippen molar-refractivity contribution >= 4 is 21.7 Å². The maximum absolute atomic E-state index is 13.2. The minimum absolute atomic E-state index is 0.326. The van der Waals surface area contributed by atoms with Gasteiger partial charge in [-0.1, -0.05) is 15.9 Å². The fraction of sp³-hybridized carbons (Fsp3) is 0.214. The van der Waals surface area contributed by atoms with Crippen LogP contribution in [-0.2, 0) is 6.61 Å². The average Bonchev–Trinajstić information content (AvgIpc) is 2.36. The van der Waals surface area contributed by atoms with E-state index in [2.05, 4.69) is 26.2 Å². The molecule has 19 heavy (non-hydrogen) atoms. The first-order valence-electron chi connectivity index (χ1n) is 5.95. The molecule has 0 saturated carbocycles. The van der Waals surface area contributed by atoms with E-state index in [-0.39, 0.29) is 5.82 Å². The Hall–Kier alpha value is -1.62. The Bertz CT molecular complexity index is 543. The number of hydrogen-bond acceptors (Lipinski definition) is 3. The normalized spacial score (nSPS) is 10.3. The van der Waals surface area contributed by atoms with Crippen LogP contribution in [0.4, 0.5) is 10.2 Å². The Morgan fingerprint density at radius 2 is 2.16 bits per heavy atom. The van der Waals surface area contributed by atoms with Gasteiger partial charge in [0, 0.05) is 23.3 Å². The monoisotopic (exact) mass is 324 g/mol. The average molecular weight is 325 g/mol. The molecule has 0 aliphatic carbocycles. The van der Waals surface area contributed by atoms with Crippen LogP contribution in [0.25, 0.3) is 0 Å². The van der Waals surface area contributed by atoms with Gasteiger partial charge in [0.25, 0.3) is 0 Å². The summed E-state index contributed by atoms with van der Waals surface area (Å²) in [6, 6.07) is 8.27. The lowest BCUT2D eigenvalue weighted by atomic mass is 10.2. The van der Waals surface area contributed by atoms with Crippen molar-refractivity contribution in [2.45, 2.75) is 13.5 Å². The lowest BCUT2D eigenvalue weighted by Gasteiger charge is -2.08. The van der Waals surface area contributed by atoms with E-state index in [0.717, 1.165) is 17.9 Å². The number of nitrogens with one attached hydrogen (secondary N) is 1. The van der Waals surface area contributed by atoms with Gasteiger partial charge < -0.3 is 10.1 Å². The van der Waals surface area contributed by atoms with Gasteiger partial charge in [-0.25, -0.2) is 9.37 Å². The molecule has 0 saturated heterocycles. The van der Waals surface area contributed by atoms with Gasteiger partial charge in [-0.2, -0.15) is 0 Å². The molecule has 100 valence electrons. The molecule has 1 aromatic carbocycles. The lowest BCUT2D eigenvalue weighted by molar-refractivity contribution is 0.304. The summed E-state index contributed by atoms with van der Waals surface area (Å²) < 4.78 is 19.4. The number of rotatable bonds is 5. The van der Waals surface area contributed by atoms with E-state index in [1.165, 1.54) is 12.1 Å². The second-order valence-electron chi connectivity index (χ2n) is 3.97. The molecule has 2 aromatic rings. The van der Waals surface area contributed by atoms with E-state index in [9.17, 15) is 4.39 Å². The van der Waals surface area contributed by atoms with Gasteiger partial charge in [0.2, 0.25) is 0 Å². The molecule has 0 fully saturated rings. The highest BCUT2D eigenvalue weighted by molar-refractivity contribution is 9.10. The van der Waals surface area contributed by atoms with Crippen LogP contribution in [0.15, 0.2) is 41.0 Å². The highest BCUT2D eigenvalue weighted by atomic mass is 79.9. The second-order valence-corrected chi connectivity index (χ2v) is 4.89. The summed E-state index contributed by atoms with van der Waals surface area (Å²) >= 11 is 3.23. The zero-order valence-corrected chi connectivity index (χ0v) is 12.1. The van der Waals surface area contributed by atoms with Gasteiger partial charge in [0.15, 0.2) is 0 Å². The van der Waals surface area contributed by atoms with Crippen LogP contribution < -0.4 is 10.1 Å². The number of nitrogens with zero attached hydrogens (tertiary/aromatic N) is 1. The smallest absolute Gasteiger partial charge is 0.128 e. The quantitative estimate of drug-likeness (QED) is 0.902. The molecule has 0 aliphatic rings. The summed E-state index contributed by atoms with van der Waals surface area (Å²) in [5.41, 5.74) is 0.978. The van der Waals surface area contributed by atoms with E-state index in [1.54, 1.807) is 12.3 Å². The Labute approximate surface area is 119 Å². The summed E-state index contributed by atoms with van der Waals surface area (Å²) in [4.78, 5) is 4.18. The Morgan fingerprint density at radius 1 is 1.32 bits per heavy atom. The molecule has 0 atom stereocenters. The van der Waals surface area contributed by atoms with Crippen LogP contribution in [0.1, 0.15) is 12.5 Å². The van der Waals surface area contributed by atoms with Gasteiger partial charge in [-0.3, -0.25) is 0 Å². The summed E-state index contributed by atoms with van der Waals surface area (Å²) in [7, 11) is 0. The first-order chi connectivity index (χ1) is 9.17. The molecular weight excluding hydrogens is 311 g/mol. The maximum Gasteiger partial charge on any atom is 0.128 e. The molecule has 0 bridgehead atoms. The van der Waals surface area contributed by atoms with Crippen LogP contribution in [0, 0.1) is 5.82 Å². The van der Waals surface area contributed by atoms with Crippen molar-refractivity contribution in [1.82, 2.24) is 4.98 Å². The fourth-order valence-corrected chi connectivity index (χ4v) is 2.06. The topological polar surface area (TPSA) is 34.1 Å². The number of pyridine rings is 1. The van der Waals surface area contributed by atoms with Crippen molar-refractivity contribution in [1.29, 1.82) is 0 Å². The molecule has 5 heteroatoms. The third-order valence-corrected chi connectivity index (χ3v) is 2.88. The van der Waals surface area contributed by atoms with E-state index in [0.29, 0.717) is 16.8 Å². The Kier molecular flexibility index (Phi) is 4.74. The maximum atomic E-state index is 13.2. The van der Waals surface area contributed by atoms with Crippen LogP contribution in [0.2, 0.25) is 0 Å². The van der Waals surface area contributed by atoms with Crippen molar-refractivity contribution in [3.05, 3.63) is 52.4 Å². The second kappa shape index (κ2) is 6.52. The van der Waals surface area contributed by atoms with Crippen molar-refractivity contribution in [2.75, 3.05) is 11.9 Å². The van der Waals surface area contributed by atoms with Crippen LogP contribution >= 0.6 is 15.9 Å². The van der Waals surface area contributed by atoms with Gasteiger partial charge >= 0.3 is 0 Å². The van der Waals surface area contributed by atoms with Gasteiger partial charge in [0.1, 0.15) is 24.0 Å². The van der Waals surface area contributed by atoms with Crippen molar-refractivity contribution in [3.63, 3.8) is 0 Å². The summed E-state index contributed by atoms with van der Waals surface area (Å²) in [5.74, 6) is 0.977. The van der Waals surface area contributed by atoms with Crippen LogP contribution in [-0.4, -0.2) is 11.5 Å². The van der Waals surface area contributed by atoms with E-state index in [4.69, 9.17) is 4.74 Å². The third kappa shape index (κ3) is 4.21. The molecule has 0 amide bonds. The van der Waals surface area contributed by atoms with Crippen molar-refractivity contribution in [3.8, 4) is 5.75 Å². The molecule has 0 radical (unpaired) electrons. The molecule has 1 aromatic heterocycles. The fourth-order valence-electron chi connectivity index (χ4n) is 1.62. The van der Waals surface area contributed by atoms with Crippen molar-refractivity contribution < 1.29 is 9.13 Å². The molecular formula is C14H14BrFN2O. The Balaban J connectivity index is 2.03. The molecule has 0 spiro atoms. The SMILES string of the molecule is CCNc1cc(COc2cc(F)cc(Br)c2)ccn1. The van der Waals surface area contributed by atoms with E-state index < -0.39 is 0 Å². The number of anilines is 1. The lowest BCUT2D eigenvalue weighted by Crippen LogP contribution is -2.01. The molecule has 0 aliphatic heterocycles. The minimum atomic E-state index is -0.326. The predicted octanol–water partition coefficient (Wildman–Crippen LogP) is 3.99. The van der Waals surface area contributed by atoms with Gasteiger partial charge in [0.05, 0.1) is 0 Å². The molecule has 3 nitrogen and oxygen atoms in total. The summed E-state index contributed by atoms with van der Waals surface area (Å²) in [5, 5.41) is 3.13. The molecule has 2 rings (SSSR count).